The van der Waals surface area contributed by atoms with E-state index in [1.165, 1.54) is 31.2 Å². The van der Waals surface area contributed by atoms with Gasteiger partial charge < -0.3 is 5.32 Å². The molecule has 8 nitrogen and oxygen atoms in total. The maximum absolute atomic E-state index is 12.1. The van der Waals surface area contributed by atoms with Crippen molar-refractivity contribution in [2.24, 2.45) is 0 Å². The number of amides is 1. The number of nitrogens with one attached hydrogen (secondary N) is 1. The van der Waals surface area contributed by atoms with Gasteiger partial charge in [-0.15, -0.1) is 5.10 Å². The largest absolute Gasteiger partial charge is 0.405 e. The first-order valence-electron chi connectivity index (χ1n) is 6.21. The molecule has 0 spiro atoms. The number of carbonyl (C=O) groups excluding carboxylic acids is 1. The number of non-ortho nitro benzene ring substituents is 1. The second-order valence-corrected chi connectivity index (χ2v) is 4.51. The van der Waals surface area contributed by atoms with Gasteiger partial charge in [0.1, 0.15) is 6.54 Å². The van der Waals surface area contributed by atoms with Crippen LogP contribution in [0.4, 0.5) is 18.9 Å². The Morgan fingerprint density at radius 1 is 1.43 bits per heavy atom. The molecule has 0 aliphatic heterocycles. The molecule has 1 heterocycles. The van der Waals surface area contributed by atoms with Crippen LogP contribution in [0.25, 0.3) is 5.69 Å². The van der Waals surface area contributed by atoms with E-state index in [-0.39, 0.29) is 22.8 Å². The van der Waals surface area contributed by atoms with Gasteiger partial charge in [-0.3, -0.25) is 14.9 Å². The molecular weight excluding hydrogens is 319 g/mol. The summed E-state index contributed by atoms with van der Waals surface area (Å²) in [4.78, 5) is 21.8. The zero-order valence-corrected chi connectivity index (χ0v) is 11.7. The summed E-state index contributed by atoms with van der Waals surface area (Å²) in [6, 6.07) is 5.38. The van der Waals surface area contributed by atoms with Crippen LogP contribution in [0.2, 0.25) is 0 Å². The highest BCUT2D eigenvalue weighted by Gasteiger charge is 2.29. The van der Waals surface area contributed by atoms with E-state index >= 15 is 0 Å². The van der Waals surface area contributed by atoms with Crippen molar-refractivity contribution < 1.29 is 22.9 Å². The summed E-state index contributed by atoms with van der Waals surface area (Å²) in [5.74, 6) is -1.03. The average molecular weight is 329 g/mol. The first-order chi connectivity index (χ1) is 10.7. The smallest absolute Gasteiger partial charge is 0.341 e. The lowest BCUT2D eigenvalue weighted by atomic mass is 10.2. The first-order valence-corrected chi connectivity index (χ1v) is 6.21. The standard InChI is InChI=1S/C12H10F3N5O3/c1-7-10(11(21)16-6-12(13,14)15)17-18-19(7)8-3-2-4-9(5-8)20(22)23/h2-5H,6H2,1H3,(H,16,21). The molecule has 1 aromatic carbocycles. The second-order valence-electron chi connectivity index (χ2n) is 4.51. The quantitative estimate of drug-likeness (QED) is 0.680. The minimum atomic E-state index is -4.54. The van der Waals surface area contributed by atoms with Gasteiger partial charge in [0.25, 0.3) is 11.6 Å². The first kappa shape index (κ1) is 16.4. The van der Waals surface area contributed by atoms with Crippen molar-refractivity contribution in [3.63, 3.8) is 0 Å². The molecule has 0 unspecified atom stereocenters. The van der Waals surface area contributed by atoms with Crippen LogP contribution in [0.15, 0.2) is 24.3 Å². The average Bonchev–Trinajstić information content (AvgIpc) is 2.86. The molecule has 0 aliphatic carbocycles. The Hall–Kier alpha value is -2.98. The van der Waals surface area contributed by atoms with E-state index in [1.807, 2.05) is 0 Å². The highest BCUT2D eigenvalue weighted by molar-refractivity contribution is 5.93. The van der Waals surface area contributed by atoms with Crippen LogP contribution in [-0.2, 0) is 0 Å². The molecule has 2 aromatic rings. The van der Waals surface area contributed by atoms with Crippen LogP contribution < -0.4 is 5.32 Å². The number of aromatic nitrogens is 3. The molecule has 0 radical (unpaired) electrons. The highest BCUT2D eigenvalue weighted by atomic mass is 19.4. The van der Waals surface area contributed by atoms with Gasteiger partial charge in [0, 0.05) is 12.1 Å². The maximum Gasteiger partial charge on any atom is 0.405 e. The summed E-state index contributed by atoms with van der Waals surface area (Å²) < 4.78 is 37.4. The number of alkyl halides is 3. The molecule has 0 saturated heterocycles. The fraction of sp³-hybridized carbons (Fsp3) is 0.250. The third-order valence-electron chi connectivity index (χ3n) is 2.84. The van der Waals surface area contributed by atoms with Gasteiger partial charge >= 0.3 is 6.18 Å². The molecule has 1 amide bonds. The molecule has 1 aromatic heterocycles. The van der Waals surface area contributed by atoms with Gasteiger partial charge in [-0.25, -0.2) is 4.68 Å². The third-order valence-corrected chi connectivity index (χ3v) is 2.84. The van der Waals surface area contributed by atoms with Crippen molar-refractivity contribution in [1.82, 2.24) is 20.3 Å². The molecular formula is C12H10F3N5O3. The highest BCUT2D eigenvalue weighted by Crippen LogP contribution is 2.18. The summed E-state index contributed by atoms with van der Waals surface area (Å²) in [5, 5.41) is 19.6. The van der Waals surface area contributed by atoms with Crippen LogP contribution in [0, 0.1) is 17.0 Å². The third kappa shape index (κ3) is 3.81. The Labute approximate surface area is 127 Å². The number of hydrogen-bond donors (Lipinski definition) is 1. The van der Waals surface area contributed by atoms with Crippen LogP contribution in [0.1, 0.15) is 16.2 Å². The zero-order chi connectivity index (χ0) is 17.2. The molecule has 0 fully saturated rings. The Morgan fingerprint density at radius 3 is 2.74 bits per heavy atom. The fourth-order valence-electron chi connectivity index (χ4n) is 1.79. The summed E-state index contributed by atoms with van der Waals surface area (Å²) in [7, 11) is 0. The predicted molar refractivity (Wildman–Crippen MR) is 71.1 cm³/mol. The lowest BCUT2D eigenvalue weighted by molar-refractivity contribution is -0.384. The number of rotatable bonds is 4. The van der Waals surface area contributed by atoms with E-state index in [9.17, 15) is 28.1 Å². The Bertz CT molecular complexity index is 757. The predicted octanol–water partition coefficient (Wildman–Crippen LogP) is 1.78. The number of halogens is 3. The molecule has 23 heavy (non-hydrogen) atoms. The van der Waals surface area contributed by atoms with Crippen LogP contribution in [-0.4, -0.2) is 38.5 Å². The Morgan fingerprint density at radius 2 is 2.13 bits per heavy atom. The molecule has 0 atom stereocenters. The summed E-state index contributed by atoms with van der Waals surface area (Å²) in [6.45, 7) is -0.0731. The SMILES string of the molecule is Cc1c(C(=O)NCC(F)(F)F)nnn1-c1cccc([N+](=O)[O-])c1. The molecule has 122 valence electrons. The lowest BCUT2D eigenvalue weighted by Crippen LogP contribution is -2.34. The van der Waals surface area contributed by atoms with Crippen LogP contribution >= 0.6 is 0 Å². The van der Waals surface area contributed by atoms with Crippen LogP contribution in [0.3, 0.4) is 0 Å². The summed E-state index contributed by atoms with van der Waals surface area (Å²) in [5.41, 5.74) is -0.0644. The van der Waals surface area contributed by atoms with E-state index < -0.39 is 23.6 Å². The number of hydrogen-bond acceptors (Lipinski definition) is 5. The minimum absolute atomic E-state index is 0.158. The number of nitro groups is 1. The molecule has 1 N–H and O–H groups in total. The maximum atomic E-state index is 12.1. The van der Waals surface area contributed by atoms with Crippen molar-refractivity contribution in [2.45, 2.75) is 13.1 Å². The van der Waals surface area contributed by atoms with E-state index in [1.54, 1.807) is 5.32 Å². The number of benzene rings is 1. The number of nitro benzene ring substituents is 1. The molecule has 0 aliphatic rings. The van der Waals surface area contributed by atoms with Gasteiger partial charge in [0.15, 0.2) is 5.69 Å². The van der Waals surface area contributed by atoms with Crippen LogP contribution in [0.5, 0.6) is 0 Å². The molecule has 0 saturated carbocycles. The topological polar surface area (TPSA) is 103 Å². The van der Waals surface area contributed by atoms with Crippen molar-refractivity contribution in [1.29, 1.82) is 0 Å². The monoisotopic (exact) mass is 329 g/mol. The molecule has 0 bridgehead atoms. The van der Waals surface area contributed by atoms with Crippen molar-refractivity contribution >= 4 is 11.6 Å². The molecule has 2 rings (SSSR count). The zero-order valence-electron chi connectivity index (χ0n) is 11.7. The summed E-state index contributed by atoms with van der Waals surface area (Å²) in [6.07, 6.45) is -4.54. The number of carbonyl (C=O) groups is 1. The van der Waals surface area contributed by atoms with E-state index in [2.05, 4.69) is 10.3 Å². The summed E-state index contributed by atoms with van der Waals surface area (Å²) >= 11 is 0. The van der Waals surface area contributed by atoms with Crippen molar-refractivity contribution in [3.8, 4) is 5.69 Å². The van der Waals surface area contributed by atoms with Gasteiger partial charge in [0.05, 0.1) is 16.3 Å². The van der Waals surface area contributed by atoms with E-state index in [0.717, 1.165) is 4.68 Å². The lowest BCUT2D eigenvalue weighted by Gasteiger charge is -2.07. The molecule has 11 heteroatoms. The van der Waals surface area contributed by atoms with E-state index in [4.69, 9.17) is 0 Å². The fourth-order valence-corrected chi connectivity index (χ4v) is 1.79. The van der Waals surface area contributed by atoms with Crippen molar-refractivity contribution in [3.05, 3.63) is 45.8 Å². The Balaban J connectivity index is 2.27. The minimum Gasteiger partial charge on any atom is -0.341 e. The van der Waals surface area contributed by atoms with Gasteiger partial charge in [0.2, 0.25) is 0 Å². The van der Waals surface area contributed by atoms with E-state index in [0.29, 0.717) is 0 Å². The second kappa shape index (κ2) is 6.02. The van der Waals surface area contributed by atoms with Gasteiger partial charge in [-0.05, 0) is 13.0 Å². The van der Waals surface area contributed by atoms with Crippen molar-refractivity contribution in [2.75, 3.05) is 6.54 Å². The van der Waals surface area contributed by atoms with Gasteiger partial charge in [-0.2, -0.15) is 13.2 Å². The van der Waals surface area contributed by atoms with Gasteiger partial charge in [-0.1, -0.05) is 11.3 Å². The Kier molecular flexibility index (Phi) is 4.29. The normalized spacial score (nSPS) is 11.3. The number of nitrogens with zero attached hydrogens (tertiary/aromatic N) is 4.